The zero-order valence-corrected chi connectivity index (χ0v) is 11.8. The van der Waals surface area contributed by atoms with Crippen molar-refractivity contribution in [2.45, 2.75) is 24.6 Å². The van der Waals surface area contributed by atoms with Crippen LogP contribution in [0.3, 0.4) is 0 Å². The van der Waals surface area contributed by atoms with Gasteiger partial charge in [-0.1, -0.05) is 6.92 Å². The third-order valence-electron chi connectivity index (χ3n) is 2.44. The van der Waals surface area contributed by atoms with Crippen molar-refractivity contribution in [3.63, 3.8) is 0 Å². The van der Waals surface area contributed by atoms with Crippen molar-refractivity contribution < 1.29 is 12.8 Å². The van der Waals surface area contributed by atoms with Crippen molar-refractivity contribution in [3.05, 3.63) is 24.2 Å². The van der Waals surface area contributed by atoms with E-state index in [1.165, 1.54) is 6.26 Å². The van der Waals surface area contributed by atoms with E-state index in [0.29, 0.717) is 5.75 Å². The minimum absolute atomic E-state index is 0.0225. The van der Waals surface area contributed by atoms with E-state index in [9.17, 15) is 8.42 Å². The Labute approximate surface area is 107 Å². The zero-order chi connectivity index (χ0) is 12.9. The molecule has 0 spiro atoms. The van der Waals surface area contributed by atoms with Gasteiger partial charge in [0, 0.05) is 18.1 Å². The molecule has 17 heavy (non-hydrogen) atoms. The Kier molecular flexibility index (Phi) is 5.55. The summed E-state index contributed by atoms with van der Waals surface area (Å²) in [4.78, 5) is 0. The second kappa shape index (κ2) is 6.47. The molecule has 0 radical (unpaired) electrons. The Morgan fingerprint density at radius 3 is 2.71 bits per heavy atom. The largest absolute Gasteiger partial charge is 0.468 e. The van der Waals surface area contributed by atoms with Gasteiger partial charge in [-0.3, -0.25) is 0 Å². The molecule has 1 rings (SSSR count). The van der Waals surface area contributed by atoms with Crippen molar-refractivity contribution in [1.82, 2.24) is 0 Å². The quantitative estimate of drug-likeness (QED) is 0.823. The second-order valence-corrected chi connectivity index (χ2v) is 7.52. The molecule has 0 amide bonds. The van der Waals surface area contributed by atoms with Crippen LogP contribution >= 0.6 is 11.8 Å². The predicted octanol–water partition coefficient (Wildman–Crippen LogP) is 1.84. The molecule has 0 aliphatic rings. The molecule has 0 saturated heterocycles. The van der Waals surface area contributed by atoms with Crippen LogP contribution in [0.2, 0.25) is 0 Å². The fourth-order valence-electron chi connectivity index (χ4n) is 1.41. The van der Waals surface area contributed by atoms with Gasteiger partial charge in [-0.2, -0.15) is 0 Å². The van der Waals surface area contributed by atoms with Gasteiger partial charge >= 0.3 is 0 Å². The lowest BCUT2D eigenvalue weighted by atomic mass is 10.1. The highest BCUT2D eigenvalue weighted by Gasteiger charge is 2.21. The third kappa shape index (κ3) is 5.14. The SMILES string of the molecule is CCC(N)C(SCCS(C)(=O)=O)c1ccco1. The molecule has 6 heteroatoms. The minimum Gasteiger partial charge on any atom is -0.468 e. The average molecular weight is 277 g/mol. The van der Waals surface area contributed by atoms with E-state index in [4.69, 9.17) is 10.2 Å². The highest BCUT2D eigenvalue weighted by atomic mass is 32.2. The summed E-state index contributed by atoms with van der Waals surface area (Å²) in [7, 11) is -2.91. The monoisotopic (exact) mass is 277 g/mol. The number of sulfone groups is 1. The Bertz CT molecular complexity index is 414. The summed E-state index contributed by atoms with van der Waals surface area (Å²) in [6.07, 6.45) is 3.69. The molecule has 1 aromatic rings. The molecule has 4 nitrogen and oxygen atoms in total. The standard InChI is InChI=1S/C11H19NO3S2/c1-3-9(12)11(10-5-4-6-15-10)16-7-8-17(2,13)14/h4-6,9,11H,3,7-8,12H2,1-2H3. The van der Waals surface area contributed by atoms with Crippen LogP contribution in [-0.2, 0) is 9.84 Å². The molecule has 98 valence electrons. The number of rotatable bonds is 7. The normalized spacial score (nSPS) is 15.7. The van der Waals surface area contributed by atoms with Crippen LogP contribution in [0.4, 0.5) is 0 Å². The highest BCUT2D eigenvalue weighted by Crippen LogP contribution is 2.32. The van der Waals surface area contributed by atoms with Gasteiger partial charge in [0.1, 0.15) is 15.6 Å². The van der Waals surface area contributed by atoms with Gasteiger partial charge in [0.2, 0.25) is 0 Å². The zero-order valence-electron chi connectivity index (χ0n) is 10.1. The van der Waals surface area contributed by atoms with E-state index in [2.05, 4.69) is 0 Å². The lowest BCUT2D eigenvalue weighted by Gasteiger charge is -2.20. The Hall–Kier alpha value is -0.460. The first-order chi connectivity index (χ1) is 7.94. The van der Waals surface area contributed by atoms with Gasteiger partial charge in [-0.15, -0.1) is 11.8 Å². The first-order valence-corrected chi connectivity index (χ1v) is 8.63. The van der Waals surface area contributed by atoms with Crippen LogP contribution < -0.4 is 5.73 Å². The first-order valence-electron chi connectivity index (χ1n) is 5.52. The molecular formula is C11H19NO3S2. The number of hydrogen-bond acceptors (Lipinski definition) is 5. The summed E-state index contributed by atoms with van der Waals surface area (Å²) in [5, 5.41) is 0.0248. The Morgan fingerprint density at radius 1 is 1.53 bits per heavy atom. The lowest BCUT2D eigenvalue weighted by molar-refractivity contribution is 0.474. The lowest BCUT2D eigenvalue weighted by Crippen LogP contribution is -2.26. The maximum atomic E-state index is 11.1. The van der Waals surface area contributed by atoms with Gasteiger partial charge in [0.05, 0.1) is 17.3 Å². The van der Waals surface area contributed by atoms with E-state index < -0.39 is 9.84 Å². The molecule has 2 atom stereocenters. The summed E-state index contributed by atoms with van der Waals surface area (Å²) >= 11 is 1.54. The van der Waals surface area contributed by atoms with Crippen LogP contribution in [0, 0.1) is 0 Å². The van der Waals surface area contributed by atoms with Gasteiger partial charge < -0.3 is 10.2 Å². The third-order valence-corrected chi connectivity index (χ3v) is 5.02. The summed E-state index contributed by atoms with van der Waals surface area (Å²) < 4.78 is 27.5. The van der Waals surface area contributed by atoms with E-state index in [1.54, 1.807) is 18.0 Å². The molecule has 0 bridgehead atoms. The van der Waals surface area contributed by atoms with Crippen LogP contribution in [-0.4, -0.2) is 32.2 Å². The molecule has 0 aliphatic heterocycles. The highest BCUT2D eigenvalue weighted by molar-refractivity contribution is 8.00. The second-order valence-electron chi connectivity index (χ2n) is 4.01. The van der Waals surface area contributed by atoms with Crippen LogP contribution in [0.15, 0.2) is 22.8 Å². The number of furan rings is 1. The smallest absolute Gasteiger partial charge is 0.148 e. The Morgan fingerprint density at radius 2 is 2.24 bits per heavy atom. The van der Waals surface area contributed by atoms with Gasteiger partial charge in [-0.05, 0) is 18.6 Å². The summed E-state index contributed by atoms with van der Waals surface area (Å²) in [5.41, 5.74) is 6.03. The van der Waals surface area contributed by atoms with Gasteiger partial charge in [-0.25, -0.2) is 8.42 Å². The van der Waals surface area contributed by atoms with Crippen molar-refractivity contribution >= 4 is 21.6 Å². The molecule has 0 aliphatic carbocycles. The fraction of sp³-hybridized carbons (Fsp3) is 0.636. The summed E-state index contributed by atoms with van der Waals surface area (Å²) in [6, 6.07) is 3.68. The summed E-state index contributed by atoms with van der Waals surface area (Å²) in [6.45, 7) is 2.01. The van der Waals surface area contributed by atoms with Crippen molar-refractivity contribution in [2.24, 2.45) is 5.73 Å². The number of hydrogen-bond donors (Lipinski definition) is 1. The van der Waals surface area contributed by atoms with E-state index in [0.717, 1.165) is 12.2 Å². The topological polar surface area (TPSA) is 73.3 Å². The first kappa shape index (κ1) is 14.6. The van der Waals surface area contributed by atoms with Crippen molar-refractivity contribution in [3.8, 4) is 0 Å². The van der Waals surface area contributed by atoms with E-state index in [-0.39, 0.29) is 17.0 Å². The molecule has 1 heterocycles. The molecule has 2 unspecified atom stereocenters. The molecule has 2 N–H and O–H groups in total. The maximum Gasteiger partial charge on any atom is 0.148 e. The van der Waals surface area contributed by atoms with Crippen LogP contribution in [0.5, 0.6) is 0 Å². The Balaban J connectivity index is 2.60. The molecule has 0 aromatic carbocycles. The van der Waals surface area contributed by atoms with Crippen molar-refractivity contribution in [1.29, 1.82) is 0 Å². The molecule has 0 saturated carbocycles. The molecule has 0 fully saturated rings. The molecular weight excluding hydrogens is 258 g/mol. The fourth-order valence-corrected chi connectivity index (χ4v) is 4.00. The van der Waals surface area contributed by atoms with E-state index in [1.807, 2.05) is 19.1 Å². The van der Waals surface area contributed by atoms with Crippen molar-refractivity contribution in [2.75, 3.05) is 17.8 Å². The maximum absolute atomic E-state index is 11.1. The average Bonchev–Trinajstić information content (AvgIpc) is 2.75. The summed E-state index contributed by atoms with van der Waals surface area (Å²) in [5.74, 6) is 1.53. The minimum atomic E-state index is -2.91. The van der Waals surface area contributed by atoms with Gasteiger partial charge in [0.15, 0.2) is 0 Å². The van der Waals surface area contributed by atoms with Crippen LogP contribution in [0.25, 0.3) is 0 Å². The molecule has 1 aromatic heterocycles. The number of nitrogens with two attached hydrogens (primary N) is 1. The van der Waals surface area contributed by atoms with E-state index >= 15 is 0 Å². The van der Waals surface area contributed by atoms with Crippen LogP contribution in [0.1, 0.15) is 24.4 Å². The van der Waals surface area contributed by atoms with Gasteiger partial charge in [0.25, 0.3) is 0 Å². The predicted molar refractivity (Wildman–Crippen MR) is 71.9 cm³/mol. The number of thioether (sulfide) groups is 1.